The van der Waals surface area contributed by atoms with Crippen molar-refractivity contribution in [3.63, 3.8) is 0 Å². The van der Waals surface area contributed by atoms with E-state index >= 15 is 0 Å². The summed E-state index contributed by atoms with van der Waals surface area (Å²) in [7, 11) is 0. The number of carbonyl (C=O) groups is 1. The first kappa shape index (κ1) is 15.8. The number of aromatic nitrogens is 2. The van der Waals surface area contributed by atoms with Crippen molar-refractivity contribution >= 4 is 11.6 Å². The van der Waals surface area contributed by atoms with Crippen LogP contribution in [0.2, 0.25) is 0 Å². The molecule has 1 aromatic heterocycles. The first-order valence-corrected chi connectivity index (χ1v) is 8.38. The van der Waals surface area contributed by atoms with Gasteiger partial charge in [-0.05, 0) is 30.3 Å². The van der Waals surface area contributed by atoms with Gasteiger partial charge in [0.25, 0.3) is 5.91 Å². The van der Waals surface area contributed by atoms with Gasteiger partial charge in [-0.3, -0.25) is 4.79 Å². The Balaban J connectivity index is 1.77. The third kappa shape index (κ3) is 3.26. The number of benzene rings is 3. The fourth-order valence-corrected chi connectivity index (χ4v) is 2.78. The lowest BCUT2D eigenvalue weighted by Crippen LogP contribution is -2.16. The van der Waals surface area contributed by atoms with E-state index in [0.29, 0.717) is 5.69 Å². The molecule has 0 aliphatic heterocycles. The SMILES string of the molecule is O=C(Nc1ccccc1)c1cc(-c2ccccc2)nn1-c1ccccc1. The molecule has 1 N–H and O–H groups in total. The molecule has 0 spiro atoms. The van der Waals surface area contributed by atoms with Gasteiger partial charge in [0.05, 0.1) is 11.4 Å². The van der Waals surface area contributed by atoms with Crippen molar-refractivity contribution < 1.29 is 4.79 Å². The molecule has 4 nitrogen and oxygen atoms in total. The molecule has 0 fully saturated rings. The van der Waals surface area contributed by atoms with Crippen LogP contribution < -0.4 is 5.32 Å². The Morgan fingerprint density at radius 2 is 1.35 bits per heavy atom. The predicted octanol–water partition coefficient (Wildman–Crippen LogP) is 4.79. The number of hydrogen-bond acceptors (Lipinski definition) is 2. The number of amides is 1. The molecular formula is C22H17N3O. The zero-order valence-electron chi connectivity index (χ0n) is 14.0. The average Bonchev–Trinajstić information content (AvgIpc) is 3.16. The van der Waals surface area contributed by atoms with E-state index in [9.17, 15) is 4.79 Å². The van der Waals surface area contributed by atoms with E-state index in [1.54, 1.807) is 4.68 Å². The number of nitrogens with one attached hydrogen (secondary N) is 1. The number of anilines is 1. The van der Waals surface area contributed by atoms with Crippen LogP contribution in [0, 0.1) is 0 Å². The number of nitrogens with zero attached hydrogens (tertiary/aromatic N) is 2. The van der Waals surface area contributed by atoms with Crippen LogP contribution in [-0.2, 0) is 0 Å². The zero-order chi connectivity index (χ0) is 17.8. The van der Waals surface area contributed by atoms with E-state index in [0.717, 1.165) is 22.6 Å². The zero-order valence-corrected chi connectivity index (χ0v) is 14.0. The smallest absolute Gasteiger partial charge is 0.274 e. The Morgan fingerprint density at radius 3 is 2.00 bits per heavy atom. The number of para-hydroxylation sites is 2. The van der Waals surface area contributed by atoms with Crippen LogP contribution in [0.3, 0.4) is 0 Å². The van der Waals surface area contributed by atoms with Crippen molar-refractivity contribution in [2.75, 3.05) is 5.32 Å². The van der Waals surface area contributed by atoms with Crippen molar-refractivity contribution in [2.24, 2.45) is 0 Å². The molecule has 4 aromatic rings. The first-order valence-electron chi connectivity index (χ1n) is 8.38. The van der Waals surface area contributed by atoms with E-state index in [4.69, 9.17) is 0 Å². The molecule has 4 heteroatoms. The molecule has 0 bridgehead atoms. The summed E-state index contributed by atoms with van der Waals surface area (Å²) < 4.78 is 1.68. The van der Waals surface area contributed by atoms with Gasteiger partial charge in [0, 0.05) is 11.3 Å². The second kappa shape index (κ2) is 7.07. The van der Waals surface area contributed by atoms with Gasteiger partial charge in [0.1, 0.15) is 5.69 Å². The van der Waals surface area contributed by atoms with Gasteiger partial charge < -0.3 is 5.32 Å². The van der Waals surface area contributed by atoms with Crippen LogP contribution in [-0.4, -0.2) is 15.7 Å². The quantitative estimate of drug-likeness (QED) is 0.581. The summed E-state index contributed by atoms with van der Waals surface area (Å²) in [6.45, 7) is 0. The normalized spacial score (nSPS) is 10.5. The molecule has 0 saturated heterocycles. The molecule has 0 radical (unpaired) electrons. The molecule has 1 heterocycles. The van der Waals surface area contributed by atoms with Crippen LogP contribution in [0.25, 0.3) is 16.9 Å². The molecule has 0 aliphatic carbocycles. The van der Waals surface area contributed by atoms with E-state index in [1.807, 2.05) is 97.1 Å². The van der Waals surface area contributed by atoms with E-state index < -0.39 is 0 Å². The largest absolute Gasteiger partial charge is 0.321 e. The van der Waals surface area contributed by atoms with E-state index in [-0.39, 0.29) is 5.91 Å². The summed E-state index contributed by atoms with van der Waals surface area (Å²) in [6, 6.07) is 30.7. The van der Waals surface area contributed by atoms with Crippen LogP contribution >= 0.6 is 0 Å². The van der Waals surface area contributed by atoms with Gasteiger partial charge in [-0.25, -0.2) is 4.68 Å². The Hall–Kier alpha value is -3.66. The van der Waals surface area contributed by atoms with E-state index in [2.05, 4.69) is 10.4 Å². The predicted molar refractivity (Wildman–Crippen MR) is 103 cm³/mol. The van der Waals surface area contributed by atoms with Gasteiger partial charge >= 0.3 is 0 Å². The third-order valence-electron chi connectivity index (χ3n) is 4.04. The minimum absolute atomic E-state index is 0.199. The summed E-state index contributed by atoms with van der Waals surface area (Å²) in [5.74, 6) is -0.199. The van der Waals surface area contributed by atoms with E-state index in [1.165, 1.54) is 0 Å². The maximum absolute atomic E-state index is 12.9. The number of rotatable bonds is 4. The second-order valence-corrected chi connectivity index (χ2v) is 5.85. The molecule has 4 rings (SSSR count). The van der Waals surface area contributed by atoms with Crippen molar-refractivity contribution in [1.82, 2.24) is 9.78 Å². The lowest BCUT2D eigenvalue weighted by atomic mass is 10.1. The van der Waals surface area contributed by atoms with Gasteiger partial charge in [0.2, 0.25) is 0 Å². The van der Waals surface area contributed by atoms with Crippen molar-refractivity contribution in [3.8, 4) is 16.9 Å². The van der Waals surface area contributed by atoms with Gasteiger partial charge in [0.15, 0.2) is 0 Å². The van der Waals surface area contributed by atoms with Crippen LogP contribution in [0.5, 0.6) is 0 Å². The van der Waals surface area contributed by atoms with Crippen molar-refractivity contribution in [3.05, 3.63) is 103 Å². The molecule has 126 valence electrons. The fraction of sp³-hybridized carbons (Fsp3) is 0. The van der Waals surface area contributed by atoms with Crippen LogP contribution in [0.15, 0.2) is 97.1 Å². The van der Waals surface area contributed by atoms with Gasteiger partial charge in [-0.2, -0.15) is 5.10 Å². The Morgan fingerprint density at radius 1 is 0.769 bits per heavy atom. The summed E-state index contributed by atoms with van der Waals surface area (Å²) in [5.41, 5.74) is 3.80. The molecule has 0 unspecified atom stereocenters. The number of carbonyl (C=O) groups excluding carboxylic acids is 1. The fourth-order valence-electron chi connectivity index (χ4n) is 2.78. The highest BCUT2D eigenvalue weighted by Crippen LogP contribution is 2.22. The standard InChI is InChI=1S/C22H17N3O/c26-22(23-18-12-6-2-7-13-18)21-16-20(17-10-4-1-5-11-17)24-25(21)19-14-8-3-9-15-19/h1-16H,(H,23,26). The van der Waals surface area contributed by atoms with Crippen molar-refractivity contribution in [2.45, 2.75) is 0 Å². The second-order valence-electron chi connectivity index (χ2n) is 5.85. The molecular weight excluding hydrogens is 322 g/mol. The monoisotopic (exact) mass is 339 g/mol. The molecule has 0 aliphatic rings. The first-order chi connectivity index (χ1) is 12.8. The summed E-state index contributed by atoms with van der Waals surface area (Å²) in [5, 5.41) is 7.60. The maximum atomic E-state index is 12.9. The highest BCUT2D eigenvalue weighted by Gasteiger charge is 2.17. The highest BCUT2D eigenvalue weighted by molar-refractivity contribution is 6.04. The summed E-state index contributed by atoms with van der Waals surface area (Å²) in [6.07, 6.45) is 0. The summed E-state index contributed by atoms with van der Waals surface area (Å²) >= 11 is 0. The molecule has 0 saturated carbocycles. The minimum atomic E-state index is -0.199. The molecule has 26 heavy (non-hydrogen) atoms. The number of hydrogen-bond donors (Lipinski definition) is 1. The maximum Gasteiger partial charge on any atom is 0.274 e. The van der Waals surface area contributed by atoms with Crippen LogP contribution in [0.1, 0.15) is 10.5 Å². The topological polar surface area (TPSA) is 46.9 Å². The van der Waals surface area contributed by atoms with Crippen molar-refractivity contribution in [1.29, 1.82) is 0 Å². The lowest BCUT2D eigenvalue weighted by molar-refractivity contribution is 0.101. The Bertz CT molecular complexity index is 1010. The third-order valence-corrected chi connectivity index (χ3v) is 4.04. The average molecular weight is 339 g/mol. The molecule has 1 amide bonds. The molecule has 3 aromatic carbocycles. The lowest BCUT2D eigenvalue weighted by Gasteiger charge is -2.08. The molecule has 0 atom stereocenters. The Labute approximate surface area is 151 Å². The van der Waals surface area contributed by atoms with Gasteiger partial charge in [-0.1, -0.05) is 66.7 Å². The Kier molecular flexibility index (Phi) is 4.31. The summed E-state index contributed by atoms with van der Waals surface area (Å²) in [4.78, 5) is 12.9. The minimum Gasteiger partial charge on any atom is -0.321 e. The highest BCUT2D eigenvalue weighted by atomic mass is 16.2. The van der Waals surface area contributed by atoms with Crippen LogP contribution in [0.4, 0.5) is 5.69 Å². The van der Waals surface area contributed by atoms with Gasteiger partial charge in [-0.15, -0.1) is 0 Å².